The van der Waals surface area contributed by atoms with Crippen molar-refractivity contribution in [2.24, 2.45) is 0 Å². The lowest BCUT2D eigenvalue weighted by atomic mass is 10.1. The SMILES string of the molecule is Oc1ccccc1CN(Cc1ccccc1O)c1ccccc1. The summed E-state index contributed by atoms with van der Waals surface area (Å²) in [6.07, 6.45) is 0. The first-order valence-electron chi connectivity index (χ1n) is 7.58. The van der Waals surface area contributed by atoms with Gasteiger partial charge in [-0.15, -0.1) is 0 Å². The zero-order chi connectivity index (χ0) is 16.1. The number of nitrogens with zero attached hydrogens (tertiary/aromatic N) is 1. The Morgan fingerprint density at radius 1 is 0.565 bits per heavy atom. The summed E-state index contributed by atoms with van der Waals surface area (Å²) in [4.78, 5) is 2.13. The van der Waals surface area contributed by atoms with Crippen LogP contribution in [0.15, 0.2) is 78.9 Å². The lowest BCUT2D eigenvalue weighted by molar-refractivity contribution is 0.463. The Morgan fingerprint density at radius 2 is 1.00 bits per heavy atom. The predicted octanol–water partition coefficient (Wildman–Crippen LogP) is 4.30. The average molecular weight is 305 g/mol. The van der Waals surface area contributed by atoms with Gasteiger partial charge in [0.1, 0.15) is 11.5 Å². The highest BCUT2D eigenvalue weighted by atomic mass is 16.3. The topological polar surface area (TPSA) is 43.7 Å². The van der Waals surface area contributed by atoms with Crippen LogP contribution in [0.5, 0.6) is 11.5 Å². The van der Waals surface area contributed by atoms with E-state index in [2.05, 4.69) is 4.90 Å². The molecular formula is C20H19NO2. The van der Waals surface area contributed by atoms with Crippen LogP contribution >= 0.6 is 0 Å². The zero-order valence-corrected chi connectivity index (χ0v) is 12.8. The molecule has 3 rings (SSSR count). The summed E-state index contributed by atoms with van der Waals surface area (Å²) < 4.78 is 0. The summed E-state index contributed by atoms with van der Waals surface area (Å²) in [5, 5.41) is 20.1. The summed E-state index contributed by atoms with van der Waals surface area (Å²) in [5.41, 5.74) is 2.75. The van der Waals surface area contributed by atoms with Crippen molar-refractivity contribution in [3.8, 4) is 11.5 Å². The molecule has 0 aliphatic rings. The lowest BCUT2D eigenvalue weighted by Crippen LogP contribution is -2.22. The number of rotatable bonds is 5. The normalized spacial score (nSPS) is 10.4. The largest absolute Gasteiger partial charge is 0.508 e. The Bertz CT molecular complexity index is 724. The van der Waals surface area contributed by atoms with E-state index in [0.717, 1.165) is 16.8 Å². The molecule has 0 aliphatic heterocycles. The summed E-state index contributed by atoms with van der Waals surface area (Å²) in [7, 11) is 0. The monoisotopic (exact) mass is 305 g/mol. The number of aromatic hydroxyl groups is 2. The Morgan fingerprint density at radius 3 is 1.48 bits per heavy atom. The maximum Gasteiger partial charge on any atom is 0.120 e. The van der Waals surface area contributed by atoms with Gasteiger partial charge in [0.05, 0.1) is 0 Å². The first-order chi connectivity index (χ1) is 11.2. The minimum absolute atomic E-state index is 0.283. The van der Waals surface area contributed by atoms with Crippen molar-refractivity contribution in [3.63, 3.8) is 0 Å². The number of phenolic OH excluding ortho intramolecular Hbond substituents is 2. The fourth-order valence-electron chi connectivity index (χ4n) is 2.58. The van der Waals surface area contributed by atoms with Crippen molar-refractivity contribution in [3.05, 3.63) is 90.0 Å². The Labute approximate surface area is 136 Å². The molecule has 0 spiro atoms. The van der Waals surface area contributed by atoms with E-state index in [4.69, 9.17) is 0 Å². The average Bonchev–Trinajstić information content (AvgIpc) is 2.59. The second-order valence-electron chi connectivity index (χ2n) is 5.45. The van der Waals surface area contributed by atoms with Crippen molar-refractivity contribution in [2.45, 2.75) is 13.1 Å². The molecule has 0 bridgehead atoms. The molecule has 0 fully saturated rings. The van der Waals surface area contributed by atoms with E-state index >= 15 is 0 Å². The van der Waals surface area contributed by atoms with Crippen molar-refractivity contribution < 1.29 is 10.2 Å². The molecule has 0 atom stereocenters. The number of anilines is 1. The molecule has 3 heteroatoms. The molecule has 0 aliphatic carbocycles. The third-order valence-electron chi connectivity index (χ3n) is 3.83. The fraction of sp³-hybridized carbons (Fsp3) is 0.100. The Kier molecular flexibility index (Phi) is 4.48. The van der Waals surface area contributed by atoms with Crippen LogP contribution in [0.2, 0.25) is 0 Å². The number of hydrogen-bond donors (Lipinski definition) is 2. The van der Waals surface area contributed by atoms with Crippen LogP contribution in [0.1, 0.15) is 11.1 Å². The van der Waals surface area contributed by atoms with Crippen LogP contribution in [0.25, 0.3) is 0 Å². The number of para-hydroxylation sites is 3. The van der Waals surface area contributed by atoms with Gasteiger partial charge in [0.2, 0.25) is 0 Å². The highest BCUT2D eigenvalue weighted by molar-refractivity contribution is 5.49. The highest BCUT2D eigenvalue weighted by Gasteiger charge is 2.12. The summed E-state index contributed by atoms with van der Waals surface area (Å²) >= 11 is 0. The van der Waals surface area contributed by atoms with Crippen LogP contribution in [-0.4, -0.2) is 10.2 Å². The molecular weight excluding hydrogens is 286 g/mol. The van der Waals surface area contributed by atoms with Crippen LogP contribution < -0.4 is 4.90 Å². The maximum atomic E-state index is 10.1. The predicted molar refractivity (Wildman–Crippen MR) is 92.5 cm³/mol. The van der Waals surface area contributed by atoms with E-state index in [0.29, 0.717) is 13.1 Å². The molecule has 2 N–H and O–H groups in total. The van der Waals surface area contributed by atoms with Crippen molar-refractivity contribution in [2.75, 3.05) is 4.90 Å². The molecule has 116 valence electrons. The molecule has 0 unspecified atom stereocenters. The van der Waals surface area contributed by atoms with E-state index in [1.807, 2.05) is 66.7 Å². The second kappa shape index (κ2) is 6.88. The van der Waals surface area contributed by atoms with Crippen molar-refractivity contribution >= 4 is 5.69 Å². The summed E-state index contributed by atoms with van der Waals surface area (Å²) in [6, 6.07) is 24.7. The van der Waals surface area contributed by atoms with Crippen LogP contribution in [-0.2, 0) is 13.1 Å². The van der Waals surface area contributed by atoms with Gasteiger partial charge < -0.3 is 15.1 Å². The molecule has 3 aromatic carbocycles. The third kappa shape index (κ3) is 3.64. The van der Waals surface area contributed by atoms with Gasteiger partial charge in [-0.2, -0.15) is 0 Å². The number of hydrogen-bond acceptors (Lipinski definition) is 3. The van der Waals surface area contributed by atoms with Gasteiger partial charge in [0.25, 0.3) is 0 Å². The molecule has 0 saturated carbocycles. The van der Waals surface area contributed by atoms with Crippen LogP contribution in [0, 0.1) is 0 Å². The van der Waals surface area contributed by atoms with E-state index < -0.39 is 0 Å². The quantitative estimate of drug-likeness (QED) is 0.738. The second-order valence-corrected chi connectivity index (χ2v) is 5.45. The molecule has 0 radical (unpaired) electrons. The van der Waals surface area contributed by atoms with Gasteiger partial charge in [-0.05, 0) is 24.3 Å². The van der Waals surface area contributed by atoms with Gasteiger partial charge in [0.15, 0.2) is 0 Å². The Balaban J connectivity index is 1.91. The molecule has 0 amide bonds. The molecule has 0 heterocycles. The summed E-state index contributed by atoms with van der Waals surface area (Å²) in [6.45, 7) is 1.12. The standard InChI is InChI=1S/C20H19NO2/c22-19-12-6-4-8-16(19)14-21(18-10-2-1-3-11-18)15-17-9-5-7-13-20(17)23/h1-13,22-23H,14-15H2. The fourth-order valence-corrected chi connectivity index (χ4v) is 2.58. The van der Waals surface area contributed by atoms with Gasteiger partial charge in [-0.25, -0.2) is 0 Å². The molecule has 3 aromatic rings. The molecule has 23 heavy (non-hydrogen) atoms. The van der Waals surface area contributed by atoms with Gasteiger partial charge >= 0.3 is 0 Å². The van der Waals surface area contributed by atoms with Gasteiger partial charge in [-0.3, -0.25) is 0 Å². The van der Waals surface area contributed by atoms with Crippen molar-refractivity contribution in [1.82, 2.24) is 0 Å². The highest BCUT2D eigenvalue weighted by Crippen LogP contribution is 2.26. The van der Waals surface area contributed by atoms with Gasteiger partial charge in [-0.1, -0.05) is 54.6 Å². The van der Waals surface area contributed by atoms with E-state index in [-0.39, 0.29) is 11.5 Å². The number of benzene rings is 3. The summed E-state index contributed by atoms with van der Waals surface area (Å²) in [5.74, 6) is 0.566. The number of phenols is 2. The van der Waals surface area contributed by atoms with E-state index in [1.54, 1.807) is 12.1 Å². The van der Waals surface area contributed by atoms with E-state index in [1.165, 1.54) is 0 Å². The molecule has 0 aromatic heterocycles. The van der Waals surface area contributed by atoms with Crippen molar-refractivity contribution in [1.29, 1.82) is 0 Å². The smallest absolute Gasteiger partial charge is 0.120 e. The first kappa shape index (κ1) is 15.0. The molecule has 0 saturated heterocycles. The van der Waals surface area contributed by atoms with Crippen LogP contribution in [0.4, 0.5) is 5.69 Å². The minimum atomic E-state index is 0.283. The first-order valence-corrected chi connectivity index (χ1v) is 7.58. The zero-order valence-electron chi connectivity index (χ0n) is 12.8. The molecule has 3 nitrogen and oxygen atoms in total. The van der Waals surface area contributed by atoms with Gasteiger partial charge in [0, 0.05) is 29.9 Å². The maximum absolute atomic E-state index is 10.1. The minimum Gasteiger partial charge on any atom is -0.508 e. The van der Waals surface area contributed by atoms with E-state index in [9.17, 15) is 10.2 Å². The third-order valence-corrected chi connectivity index (χ3v) is 3.83. The lowest BCUT2D eigenvalue weighted by Gasteiger charge is -2.26. The Hall–Kier alpha value is -2.94. The van der Waals surface area contributed by atoms with Crippen LogP contribution in [0.3, 0.4) is 0 Å².